The number of rotatable bonds is 4. The molecule has 0 spiro atoms. The Bertz CT molecular complexity index is 171. The van der Waals surface area contributed by atoms with Crippen molar-refractivity contribution in [2.24, 2.45) is 11.7 Å². The Morgan fingerprint density at radius 1 is 1.46 bits per heavy atom. The molecule has 2 fully saturated rings. The molecule has 2 N–H and O–H groups in total. The van der Waals surface area contributed by atoms with E-state index in [-0.39, 0.29) is 0 Å². The zero-order valence-electron chi connectivity index (χ0n) is 8.54. The fourth-order valence-corrected chi connectivity index (χ4v) is 2.78. The lowest BCUT2D eigenvalue weighted by molar-refractivity contribution is 0.0878. The zero-order valence-corrected chi connectivity index (χ0v) is 8.54. The second-order valence-electron chi connectivity index (χ2n) is 4.58. The van der Waals surface area contributed by atoms with Crippen LogP contribution in [0, 0.1) is 5.92 Å². The van der Waals surface area contributed by atoms with Crippen LogP contribution in [0.3, 0.4) is 0 Å². The second-order valence-corrected chi connectivity index (χ2v) is 4.58. The van der Waals surface area contributed by atoms with Gasteiger partial charge in [-0.1, -0.05) is 19.8 Å². The van der Waals surface area contributed by atoms with Crippen LogP contribution in [0.15, 0.2) is 0 Å². The minimum Gasteiger partial charge on any atom is -0.375 e. The third-order valence-electron chi connectivity index (χ3n) is 3.59. The van der Waals surface area contributed by atoms with Crippen LogP contribution in [0.2, 0.25) is 0 Å². The van der Waals surface area contributed by atoms with Gasteiger partial charge in [0.15, 0.2) is 0 Å². The van der Waals surface area contributed by atoms with Crippen molar-refractivity contribution < 1.29 is 4.74 Å². The Kier molecular flexibility index (Phi) is 2.89. The largest absolute Gasteiger partial charge is 0.375 e. The van der Waals surface area contributed by atoms with E-state index in [4.69, 9.17) is 10.5 Å². The van der Waals surface area contributed by atoms with E-state index in [2.05, 4.69) is 6.92 Å². The minimum atomic E-state index is 0.398. The number of unbranched alkanes of at least 4 members (excludes halogenated alkanes) is 1. The van der Waals surface area contributed by atoms with Gasteiger partial charge in [0.2, 0.25) is 0 Å². The Morgan fingerprint density at radius 3 is 2.85 bits per heavy atom. The number of ether oxygens (including phenoxy) is 1. The highest BCUT2D eigenvalue weighted by atomic mass is 16.5. The number of hydrogen-bond donors (Lipinski definition) is 1. The van der Waals surface area contributed by atoms with E-state index >= 15 is 0 Å². The van der Waals surface area contributed by atoms with Gasteiger partial charge < -0.3 is 10.5 Å². The summed E-state index contributed by atoms with van der Waals surface area (Å²) in [6.45, 7) is 2.23. The van der Waals surface area contributed by atoms with Gasteiger partial charge in [-0.25, -0.2) is 0 Å². The van der Waals surface area contributed by atoms with Gasteiger partial charge in [-0.05, 0) is 25.7 Å². The van der Waals surface area contributed by atoms with E-state index in [1.165, 1.54) is 38.5 Å². The summed E-state index contributed by atoms with van der Waals surface area (Å²) < 4.78 is 5.81. The average Bonchev–Trinajstić information content (AvgIpc) is 2.74. The molecule has 2 heteroatoms. The molecule has 2 rings (SSSR count). The van der Waals surface area contributed by atoms with Gasteiger partial charge in [-0.3, -0.25) is 0 Å². The maximum atomic E-state index is 6.17. The first kappa shape index (κ1) is 9.47. The normalized spacial score (nSPS) is 39.7. The fraction of sp³-hybridized carbons (Fsp3) is 1.00. The van der Waals surface area contributed by atoms with Gasteiger partial charge in [-0.2, -0.15) is 0 Å². The average molecular weight is 183 g/mol. The monoisotopic (exact) mass is 183 g/mol. The van der Waals surface area contributed by atoms with E-state index in [0.29, 0.717) is 24.2 Å². The van der Waals surface area contributed by atoms with Crippen LogP contribution in [0.4, 0.5) is 0 Å². The topological polar surface area (TPSA) is 35.2 Å². The third kappa shape index (κ3) is 1.89. The van der Waals surface area contributed by atoms with Crippen LogP contribution in [0.5, 0.6) is 0 Å². The lowest BCUT2D eigenvalue weighted by atomic mass is 9.82. The van der Waals surface area contributed by atoms with Crippen LogP contribution < -0.4 is 5.73 Å². The first-order valence-electron chi connectivity index (χ1n) is 5.72. The minimum absolute atomic E-state index is 0.398. The quantitative estimate of drug-likeness (QED) is 0.724. The van der Waals surface area contributed by atoms with Crippen LogP contribution in [0.1, 0.15) is 45.4 Å². The molecule has 2 bridgehead atoms. The number of hydrogen-bond acceptors (Lipinski definition) is 2. The first-order valence-corrected chi connectivity index (χ1v) is 5.72. The van der Waals surface area contributed by atoms with E-state index in [0.717, 1.165) is 0 Å². The summed E-state index contributed by atoms with van der Waals surface area (Å²) in [4.78, 5) is 0. The Hall–Kier alpha value is -0.0800. The molecule has 2 saturated heterocycles. The van der Waals surface area contributed by atoms with Gasteiger partial charge in [0, 0.05) is 12.0 Å². The summed E-state index contributed by atoms with van der Waals surface area (Å²) in [6.07, 6.45) is 8.56. The van der Waals surface area contributed by atoms with Gasteiger partial charge >= 0.3 is 0 Å². The van der Waals surface area contributed by atoms with E-state index in [1.807, 2.05) is 0 Å². The first-order chi connectivity index (χ1) is 6.31. The van der Waals surface area contributed by atoms with Crippen molar-refractivity contribution in [3.8, 4) is 0 Å². The summed E-state index contributed by atoms with van der Waals surface area (Å²) >= 11 is 0. The molecule has 13 heavy (non-hydrogen) atoms. The summed E-state index contributed by atoms with van der Waals surface area (Å²) in [5.41, 5.74) is 6.17. The van der Waals surface area contributed by atoms with Crippen molar-refractivity contribution in [1.82, 2.24) is 0 Å². The SMILES string of the molecule is CCCCC(N)C1CC2CCC1O2. The molecule has 0 aromatic heterocycles. The van der Waals surface area contributed by atoms with Gasteiger partial charge in [0.05, 0.1) is 12.2 Å². The Labute approximate surface area is 80.8 Å². The van der Waals surface area contributed by atoms with Crippen molar-refractivity contribution in [1.29, 1.82) is 0 Å². The molecule has 0 aromatic rings. The third-order valence-corrected chi connectivity index (χ3v) is 3.59. The van der Waals surface area contributed by atoms with Crippen LogP contribution in [-0.2, 0) is 4.74 Å². The molecule has 0 saturated carbocycles. The highest BCUT2D eigenvalue weighted by molar-refractivity contribution is 4.93. The molecule has 0 aliphatic carbocycles. The maximum absolute atomic E-state index is 6.17. The second kappa shape index (κ2) is 3.97. The number of nitrogens with two attached hydrogens (primary N) is 1. The fourth-order valence-electron chi connectivity index (χ4n) is 2.78. The highest BCUT2D eigenvalue weighted by Crippen LogP contribution is 2.40. The molecule has 0 amide bonds. The molecule has 0 radical (unpaired) electrons. The molecule has 0 aromatic carbocycles. The number of fused-ring (bicyclic) bond motifs is 2. The van der Waals surface area contributed by atoms with Gasteiger partial charge in [-0.15, -0.1) is 0 Å². The molecular weight excluding hydrogens is 162 g/mol. The van der Waals surface area contributed by atoms with Gasteiger partial charge in [0.25, 0.3) is 0 Å². The maximum Gasteiger partial charge on any atom is 0.0623 e. The molecule has 2 aliphatic heterocycles. The molecule has 4 atom stereocenters. The smallest absolute Gasteiger partial charge is 0.0623 e. The van der Waals surface area contributed by atoms with Crippen molar-refractivity contribution >= 4 is 0 Å². The lowest BCUT2D eigenvalue weighted by Gasteiger charge is -2.24. The predicted molar refractivity (Wildman–Crippen MR) is 53.5 cm³/mol. The molecule has 4 unspecified atom stereocenters. The molecule has 2 heterocycles. The highest BCUT2D eigenvalue weighted by Gasteiger charge is 2.42. The summed E-state index contributed by atoms with van der Waals surface area (Å²) in [7, 11) is 0. The predicted octanol–water partition coefficient (Wildman–Crippen LogP) is 2.07. The van der Waals surface area contributed by atoms with Crippen molar-refractivity contribution in [3.63, 3.8) is 0 Å². The lowest BCUT2D eigenvalue weighted by Crippen LogP contribution is -2.36. The van der Waals surface area contributed by atoms with Crippen LogP contribution in [-0.4, -0.2) is 18.2 Å². The van der Waals surface area contributed by atoms with E-state index < -0.39 is 0 Å². The van der Waals surface area contributed by atoms with E-state index in [9.17, 15) is 0 Å². The zero-order chi connectivity index (χ0) is 9.26. The van der Waals surface area contributed by atoms with Crippen LogP contribution in [0.25, 0.3) is 0 Å². The standard InChI is InChI=1S/C11H21NO/c1-2-3-4-10(12)9-7-8-5-6-11(9)13-8/h8-11H,2-7,12H2,1H3. The van der Waals surface area contributed by atoms with Crippen molar-refractivity contribution in [3.05, 3.63) is 0 Å². The Morgan fingerprint density at radius 2 is 2.31 bits per heavy atom. The van der Waals surface area contributed by atoms with Crippen molar-refractivity contribution in [2.75, 3.05) is 0 Å². The Balaban J connectivity index is 1.80. The molecular formula is C11H21NO. The van der Waals surface area contributed by atoms with Crippen LogP contribution >= 0.6 is 0 Å². The summed E-state index contributed by atoms with van der Waals surface area (Å²) in [5.74, 6) is 0.672. The van der Waals surface area contributed by atoms with Gasteiger partial charge in [0.1, 0.15) is 0 Å². The molecule has 2 nitrogen and oxygen atoms in total. The van der Waals surface area contributed by atoms with E-state index in [1.54, 1.807) is 0 Å². The summed E-state index contributed by atoms with van der Waals surface area (Å²) in [5, 5.41) is 0. The molecule has 76 valence electrons. The summed E-state index contributed by atoms with van der Waals surface area (Å²) in [6, 6.07) is 0.398. The van der Waals surface area contributed by atoms with Crippen molar-refractivity contribution in [2.45, 2.75) is 63.7 Å². The molecule has 2 aliphatic rings.